The van der Waals surface area contributed by atoms with Crippen molar-refractivity contribution in [2.75, 3.05) is 6.54 Å². The standard InChI is InChI=1S/C14H19Cl2N/c1-2-17-14(6-5-10-3-4-10)11-7-12(15)9-13(16)8-11/h7-10,14,17H,2-6H2,1H3. The molecule has 1 N–H and O–H groups in total. The van der Waals surface area contributed by atoms with Gasteiger partial charge in [-0.2, -0.15) is 0 Å². The van der Waals surface area contributed by atoms with Crippen LogP contribution in [0.1, 0.15) is 44.2 Å². The maximum atomic E-state index is 6.06. The lowest BCUT2D eigenvalue weighted by molar-refractivity contribution is 0.482. The highest BCUT2D eigenvalue weighted by atomic mass is 35.5. The van der Waals surface area contributed by atoms with Crippen molar-refractivity contribution in [2.24, 2.45) is 5.92 Å². The first-order valence-electron chi connectivity index (χ1n) is 6.38. The van der Waals surface area contributed by atoms with Crippen molar-refractivity contribution in [3.8, 4) is 0 Å². The minimum Gasteiger partial charge on any atom is -0.310 e. The number of nitrogens with one attached hydrogen (secondary N) is 1. The highest BCUT2D eigenvalue weighted by Crippen LogP contribution is 2.36. The van der Waals surface area contributed by atoms with Gasteiger partial charge in [-0.1, -0.05) is 43.0 Å². The topological polar surface area (TPSA) is 12.0 Å². The van der Waals surface area contributed by atoms with Crippen LogP contribution in [-0.2, 0) is 0 Å². The molecule has 0 aromatic heterocycles. The molecule has 1 fully saturated rings. The Kier molecular flexibility index (Phi) is 4.72. The average molecular weight is 272 g/mol. The van der Waals surface area contributed by atoms with Crippen LogP contribution in [0, 0.1) is 5.92 Å². The van der Waals surface area contributed by atoms with E-state index in [9.17, 15) is 0 Å². The van der Waals surface area contributed by atoms with Crippen LogP contribution in [0.4, 0.5) is 0 Å². The number of halogens is 2. The van der Waals surface area contributed by atoms with E-state index in [1.165, 1.54) is 31.2 Å². The summed E-state index contributed by atoms with van der Waals surface area (Å²) in [7, 11) is 0. The van der Waals surface area contributed by atoms with Gasteiger partial charge in [0.1, 0.15) is 0 Å². The minimum absolute atomic E-state index is 0.386. The Hall–Kier alpha value is -0.240. The molecule has 1 saturated carbocycles. The van der Waals surface area contributed by atoms with E-state index in [-0.39, 0.29) is 0 Å². The van der Waals surface area contributed by atoms with Crippen molar-refractivity contribution in [1.29, 1.82) is 0 Å². The molecule has 17 heavy (non-hydrogen) atoms. The van der Waals surface area contributed by atoms with Gasteiger partial charge < -0.3 is 5.32 Å². The van der Waals surface area contributed by atoms with Crippen LogP contribution < -0.4 is 5.32 Å². The zero-order valence-corrected chi connectivity index (χ0v) is 11.7. The lowest BCUT2D eigenvalue weighted by Gasteiger charge is -2.19. The normalized spacial score (nSPS) is 17.1. The van der Waals surface area contributed by atoms with Crippen molar-refractivity contribution >= 4 is 23.2 Å². The molecule has 1 aliphatic carbocycles. The van der Waals surface area contributed by atoms with Crippen molar-refractivity contribution in [2.45, 2.75) is 38.6 Å². The lowest BCUT2D eigenvalue weighted by Crippen LogP contribution is -2.21. The van der Waals surface area contributed by atoms with E-state index >= 15 is 0 Å². The SMILES string of the molecule is CCNC(CCC1CC1)c1cc(Cl)cc(Cl)c1. The molecule has 1 aromatic carbocycles. The van der Waals surface area contributed by atoms with Crippen LogP contribution in [0.2, 0.25) is 10.0 Å². The fourth-order valence-electron chi connectivity index (χ4n) is 2.22. The zero-order chi connectivity index (χ0) is 12.3. The van der Waals surface area contributed by atoms with Crippen LogP contribution in [0.5, 0.6) is 0 Å². The molecule has 2 rings (SSSR count). The first-order valence-corrected chi connectivity index (χ1v) is 7.14. The lowest BCUT2D eigenvalue weighted by atomic mass is 10.0. The zero-order valence-electron chi connectivity index (χ0n) is 10.2. The number of benzene rings is 1. The third-order valence-electron chi connectivity index (χ3n) is 3.30. The molecule has 0 radical (unpaired) electrons. The molecule has 0 bridgehead atoms. The highest BCUT2D eigenvalue weighted by molar-refractivity contribution is 6.34. The second kappa shape index (κ2) is 6.08. The van der Waals surface area contributed by atoms with E-state index in [4.69, 9.17) is 23.2 Å². The summed E-state index contributed by atoms with van der Waals surface area (Å²) >= 11 is 12.1. The van der Waals surface area contributed by atoms with Gasteiger partial charge in [-0.15, -0.1) is 0 Å². The molecule has 1 nitrogen and oxygen atoms in total. The maximum Gasteiger partial charge on any atom is 0.0424 e. The van der Waals surface area contributed by atoms with Gasteiger partial charge in [0.15, 0.2) is 0 Å². The van der Waals surface area contributed by atoms with Crippen molar-refractivity contribution in [3.05, 3.63) is 33.8 Å². The summed E-state index contributed by atoms with van der Waals surface area (Å²) in [4.78, 5) is 0. The summed E-state index contributed by atoms with van der Waals surface area (Å²) in [6.07, 6.45) is 5.31. The van der Waals surface area contributed by atoms with Crippen LogP contribution in [0.3, 0.4) is 0 Å². The van der Waals surface area contributed by atoms with E-state index in [1.54, 1.807) is 6.07 Å². The molecule has 1 unspecified atom stereocenters. The van der Waals surface area contributed by atoms with E-state index in [2.05, 4.69) is 12.2 Å². The number of rotatable bonds is 6. The summed E-state index contributed by atoms with van der Waals surface area (Å²) in [5.41, 5.74) is 1.21. The second-order valence-corrected chi connectivity index (χ2v) is 5.71. The van der Waals surface area contributed by atoms with Crippen LogP contribution in [0.15, 0.2) is 18.2 Å². The number of hydrogen-bond donors (Lipinski definition) is 1. The molecule has 0 saturated heterocycles. The average Bonchev–Trinajstić information content (AvgIpc) is 3.06. The molecule has 94 valence electrons. The van der Waals surface area contributed by atoms with Crippen LogP contribution in [-0.4, -0.2) is 6.54 Å². The third-order valence-corrected chi connectivity index (χ3v) is 3.73. The van der Waals surface area contributed by atoms with Gasteiger partial charge in [0, 0.05) is 16.1 Å². The van der Waals surface area contributed by atoms with Crippen molar-refractivity contribution in [3.63, 3.8) is 0 Å². The summed E-state index contributed by atoms with van der Waals surface area (Å²) in [6.45, 7) is 3.11. The quantitative estimate of drug-likeness (QED) is 0.781. The van der Waals surface area contributed by atoms with Gasteiger partial charge in [-0.25, -0.2) is 0 Å². The van der Waals surface area contributed by atoms with Gasteiger partial charge in [-0.05, 0) is 49.1 Å². The molecule has 0 heterocycles. The van der Waals surface area contributed by atoms with Crippen LogP contribution >= 0.6 is 23.2 Å². The summed E-state index contributed by atoms with van der Waals surface area (Å²) in [6, 6.07) is 6.22. The third kappa shape index (κ3) is 4.17. The van der Waals surface area contributed by atoms with E-state index in [0.717, 1.165) is 22.5 Å². The van der Waals surface area contributed by atoms with E-state index in [1.807, 2.05) is 12.1 Å². The van der Waals surface area contributed by atoms with Gasteiger partial charge in [-0.3, -0.25) is 0 Å². The summed E-state index contributed by atoms with van der Waals surface area (Å²) in [5, 5.41) is 4.97. The predicted octanol–water partition coefficient (Wildman–Crippen LogP) is 4.83. The Morgan fingerprint density at radius 2 is 1.88 bits per heavy atom. The Bertz CT molecular complexity index is 354. The fraction of sp³-hybridized carbons (Fsp3) is 0.571. The van der Waals surface area contributed by atoms with Crippen LogP contribution in [0.25, 0.3) is 0 Å². The van der Waals surface area contributed by atoms with Crippen molar-refractivity contribution in [1.82, 2.24) is 5.32 Å². The predicted molar refractivity (Wildman–Crippen MR) is 74.8 cm³/mol. The first kappa shape index (κ1) is 13.2. The Labute approximate surface area is 114 Å². The summed E-state index contributed by atoms with van der Waals surface area (Å²) < 4.78 is 0. The Morgan fingerprint density at radius 1 is 1.24 bits per heavy atom. The largest absolute Gasteiger partial charge is 0.310 e. The second-order valence-electron chi connectivity index (χ2n) is 4.83. The molecule has 1 atom stereocenters. The smallest absolute Gasteiger partial charge is 0.0424 e. The monoisotopic (exact) mass is 271 g/mol. The Morgan fingerprint density at radius 3 is 2.41 bits per heavy atom. The highest BCUT2D eigenvalue weighted by Gasteiger charge is 2.23. The summed E-state index contributed by atoms with van der Waals surface area (Å²) in [5.74, 6) is 0.964. The molecule has 0 spiro atoms. The van der Waals surface area contributed by atoms with Gasteiger partial charge in [0.25, 0.3) is 0 Å². The van der Waals surface area contributed by atoms with Gasteiger partial charge in [0.05, 0.1) is 0 Å². The first-order chi connectivity index (χ1) is 8.19. The molecule has 3 heteroatoms. The fourth-order valence-corrected chi connectivity index (χ4v) is 2.76. The van der Waals surface area contributed by atoms with Crippen molar-refractivity contribution < 1.29 is 0 Å². The maximum absolute atomic E-state index is 6.06. The number of hydrogen-bond acceptors (Lipinski definition) is 1. The molecule has 0 aliphatic heterocycles. The van der Waals surface area contributed by atoms with Gasteiger partial charge in [0.2, 0.25) is 0 Å². The molecular formula is C14H19Cl2N. The molecule has 1 aliphatic rings. The molecule has 0 amide bonds. The Balaban J connectivity index is 2.05. The van der Waals surface area contributed by atoms with Gasteiger partial charge >= 0.3 is 0 Å². The molecule has 1 aromatic rings. The van der Waals surface area contributed by atoms with E-state index in [0.29, 0.717) is 6.04 Å². The van der Waals surface area contributed by atoms with E-state index < -0.39 is 0 Å². The minimum atomic E-state index is 0.386. The molecular weight excluding hydrogens is 253 g/mol.